The van der Waals surface area contributed by atoms with Crippen LogP contribution in [0.15, 0.2) is 52.3 Å². The fourth-order valence-electron chi connectivity index (χ4n) is 2.54. The molecule has 0 aliphatic carbocycles. The fourth-order valence-corrected chi connectivity index (χ4v) is 3.24. The number of aromatic amines is 1. The topological polar surface area (TPSA) is 108 Å². The van der Waals surface area contributed by atoms with Crippen LogP contribution >= 0.6 is 0 Å². The molecule has 3 aromatic rings. The molecule has 0 saturated carbocycles. The average Bonchev–Trinajstić information content (AvgIpc) is 2.96. The summed E-state index contributed by atoms with van der Waals surface area (Å²) < 4.78 is 23.4. The van der Waals surface area contributed by atoms with Gasteiger partial charge < -0.3 is 0 Å². The Balaban J connectivity index is 2.05. The third-order valence-electron chi connectivity index (χ3n) is 3.93. The lowest BCUT2D eigenvalue weighted by atomic mass is 10.1. The van der Waals surface area contributed by atoms with Crippen molar-refractivity contribution >= 4 is 15.6 Å². The third-order valence-corrected chi connectivity index (χ3v) is 5.41. The van der Waals surface area contributed by atoms with E-state index in [2.05, 4.69) is 19.6 Å². The van der Waals surface area contributed by atoms with Gasteiger partial charge in [0.1, 0.15) is 9.92 Å². The monoisotopic (exact) mass is 368 g/mol. The van der Waals surface area contributed by atoms with E-state index in [1.165, 1.54) is 30.1 Å². The lowest BCUT2D eigenvalue weighted by molar-refractivity contribution is 0.668. The zero-order chi connectivity index (χ0) is 18.9. The number of aromatic nitrogens is 3. The Morgan fingerprint density at radius 3 is 2.50 bits per heavy atom. The van der Waals surface area contributed by atoms with Crippen LogP contribution in [0.2, 0.25) is 0 Å². The predicted molar refractivity (Wildman–Crippen MR) is 98.8 cm³/mol. The molecule has 2 heterocycles. The summed E-state index contributed by atoms with van der Waals surface area (Å²) in [6.07, 6.45) is 1.31. The second kappa shape index (κ2) is 6.59. The normalized spacial score (nSPS) is 13.1. The van der Waals surface area contributed by atoms with Crippen LogP contribution in [-0.4, -0.2) is 26.0 Å². The molecule has 132 valence electrons. The Hall–Kier alpha value is -3.22. The molecule has 2 aromatic heterocycles. The Labute approximate surface area is 150 Å². The van der Waals surface area contributed by atoms with Gasteiger partial charge in [-0.05, 0) is 31.7 Å². The SMILES string of the molecule is [C-]#[N+]c1ccc(-c2c(C)[nH]n(-c3ccc(S(=N)(=O)NC)cn3)c2=O)cc1. The lowest BCUT2D eigenvalue weighted by Gasteiger charge is -2.06. The summed E-state index contributed by atoms with van der Waals surface area (Å²) in [6.45, 7) is 8.78. The van der Waals surface area contributed by atoms with Gasteiger partial charge in [-0.2, -0.15) is 0 Å². The molecule has 1 aromatic carbocycles. The van der Waals surface area contributed by atoms with Crippen molar-refractivity contribution in [1.82, 2.24) is 19.5 Å². The summed E-state index contributed by atoms with van der Waals surface area (Å²) in [5.74, 6) is 0.331. The molecule has 0 aliphatic heterocycles. The maximum atomic E-state index is 12.8. The summed E-state index contributed by atoms with van der Waals surface area (Å²) in [4.78, 5) is 20.5. The quantitative estimate of drug-likeness (QED) is 0.616. The molecule has 0 fully saturated rings. The number of H-pyrrole nitrogens is 1. The number of rotatable bonds is 4. The van der Waals surface area contributed by atoms with Gasteiger partial charge >= 0.3 is 0 Å². The highest BCUT2D eigenvalue weighted by Crippen LogP contribution is 2.23. The van der Waals surface area contributed by atoms with Crippen molar-refractivity contribution in [2.45, 2.75) is 11.8 Å². The van der Waals surface area contributed by atoms with Gasteiger partial charge in [-0.1, -0.05) is 24.3 Å². The molecule has 0 spiro atoms. The Morgan fingerprint density at radius 1 is 1.27 bits per heavy atom. The van der Waals surface area contributed by atoms with E-state index in [1.807, 2.05) is 0 Å². The Bertz CT molecular complexity index is 1150. The second-order valence-electron chi connectivity index (χ2n) is 5.52. The molecule has 0 amide bonds. The van der Waals surface area contributed by atoms with Crippen LogP contribution in [0, 0.1) is 18.3 Å². The summed E-state index contributed by atoms with van der Waals surface area (Å²) >= 11 is 0. The summed E-state index contributed by atoms with van der Waals surface area (Å²) in [6, 6.07) is 9.81. The van der Waals surface area contributed by atoms with E-state index in [-0.39, 0.29) is 10.5 Å². The van der Waals surface area contributed by atoms with Gasteiger partial charge in [-0.25, -0.2) is 28.2 Å². The van der Waals surface area contributed by atoms with Crippen LogP contribution in [0.1, 0.15) is 5.69 Å². The lowest BCUT2D eigenvalue weighted by Crippen LogP contribution is -2.19. The highest BCUT2D eigenvalue weighted by Gasteiger charge is 2.16. The van der Waals surface area contributed by atoms with Gasteiger partial charge in [0.25, 0.3) is 5.56 Å². The highest BCUT2D eigenvalue weighted by atomic mass is 32.2. The summed E-state index contributed by atoms with van der Waals surface area (Å²) in [5, 5.41) is 2.98. The highest BCUT2D eigenvalue weighted by molar-refractivity contribution is 7.90. The molecule has 0 radical (unpaired) electrons. The van der Waals surface area contributed by atoms with E-state index < -0.39 is 9.92 Å². The Morgan fingerprint density at radius 2 is 1.96 bits per heavy atom. The molecular weight excluding hydrogens is 352 g/mol. The first kappa shape index (κ1) is 17.6. The molecule has 0 bridgehead atoms. The van der Waals surface area contributed by atoms with Crippen LogP contribution in [0.3, 0.4) is 0 Å². The number of nitrogens with one attached hydrogen (secondary N) is 3. The van der Waals surface area contributed by atoms with Gasteiger partial charge in [0.15, 0.2) is 11.5 Å². The molecule has 3 N–H and O–H groups in total. The van der Waals surface area contributed by atoms with Crippen LogP contribution in [0.5, 0.6) is 0 Å². The van der Waals surface area contributed by atoms with Gasteiger partial charge in [-0.3, -0.25) is 9.89 Å². The van der Waals surface area contributed by atoms with E-state index in [4.69, 9.17) is 11.4 Å². The second-order valence-corrected chi connectivity index (χ2v) is 7.52. The molecule has 1 atom stereocenters. The molecular formula is C17H16N6O2S. The first-order valence-corrected chi connectivity index (χ1v) is 9.16. The first-order chi connectivity index (χ1) is 12.4. The molecule has 9 heteroatoms. The average molecular weight is 368 g/mol. The van der Waals surface area contributed by atoms with Gasteiger partial charge in [0.2, 0.25) is 0 Å². The first-order valence-electron chi connectivity index (χ1n) is 7.60. The summed E-state index contributed by atoms with van der Waals surface area (Å²) in [7, 11) is -1.66. The number of hydrogen-bond acceptors (Lipinski definition) is 4. The van der Waals surface area contributed by atoms with E-state index >= 15 is 0 Å². The van der Waals surface area contributed by atoms with Crippen LogP contribution in [0.25, 0.3) is 21.8 Å². The van der Waals surface area contributed by atoms with Crippen molar-refractivity contribution in [2.24, 2.45) is 0 Å². The fraction of sp³-hybridized carbons (Fsp3) is 0.118. The van der Waals surface area contributed by atoms with Crippen LogP contribution in [0.4, 0.5) is 5.69 Å². The number of benzene rings is 1. The number of hydrogen-bond donors (Lipinski definition) is 3. The number of pyridine rings is 1. The van der Waals surface area contributed by atoms with Crippen molar-refractivity contribution in [3.63, 3.8) is 0 Å². The van der Waals surface area contributed by atoms with Crippen molar-refractivity contribution in [3.05, 3.63) is 70.1 Å². The smallest absolute Gasteiger partial charge is 0.280 e. The van der Waals surface area contributed by atoms with E-state index in [1.54, 1.807) is 31.2 Å². The molecule has 0 saturated heterocycles. The minimum absolute atomic E-state index is 0.232. The molecule has 0 aliphatic rings. The maximum Gasteiger partial charge on any atom is 0.280 e. The predicted octanol–water partition coefficient (Wildman–Crippen LogP) is 2.63. The molecule has 26 heavy (non-hydrogen) atoms. The zero-order valence-electron chi connectivity index (χ0n) is 14.1. The van der Waals surface area contributed by atoms with E-state index in [9.17, 15) is 9.00 Å². The number of nitrogens with zero attached hydrogens (tertiary/aromatic N) is 3. The largest absolute Gasteiger partial charge is 0.293 e. The van der Waals surface area contributed by atoms with Crippen molar-refractivity contribution in [3.8, 4) is 16.9 Å². The van der Waals surface area contributed by atoms with Crippen molar-refractivity contribution < 1.29 is 4.21 Å². The zero-order valence-corrected chi connectivity index (χ0v) is 14.9. The van der Waals surface area contributed by atoms with E-state index in [0.29, 0.717) is 28.3 Å². The minimum Gasteiger partial charge on any atom is -0.293 e. The number of aryl methyl sites for hydroxylation is 1. The molecule has 3 rings (SSSR count). The maximum absolute atomic E-state index is 12.8. The van der Waals surface area contributed by atoms with Gasteiger partial charge in [0.05, 0.1) is 17.0 Å². The van der Waals surface area contributed by atoms with Crippen molar-refractivity contribution in [2.75, 3.05) is 7.05 Å². The van der Waals surface area contributed by atoms with E-state index in [0.717, 1.165) is 0 Å². The van der Waals surface area contributed by atoms with Crippen molar-refractivity contribution in [1.29, 1.82) is 4.78 Å². The third kappa shape index (κ3) is 3.03. The van der Waals surface area contributed by atoms with Crippen LogP contribution < -0.4 is 10.3 Å². The standard InChI is InChI=1S/C17H16N6O2S/c1-11-16(12-4-6-13(19-2)7-5-12)17(24)23(22-11)15-9-8-14(10-21-15)26(18,25)20-3/h4-10,22H,1,3H3,(H2,18,20,25). The Kier molecular flexibility index (Phi) is 4.46. The molecule has 1 unspecified atom stereocenters. The summed E-state index contributed by atoms with van der Waals surface area (Å²) in [5.41, 5.74) is 2.08. The molecule has 8 nitrogen and oxygen atoms in total. The van der Waals surface area contributed by atoms with Crippen LogP contribution in [-0.2, 0) is 9.92 Å². The van der Waals surface area contributed by atoms with Gasteiger partial charge in [0, 0.05) is 11.9 Å². The van der Waals surface area contributed by atoms with Gasteiger partial charge in [-0.15, -0.1) is 0 Å². The minimum atomic E-state index is -3.09.